The fraction of sp³-hybridized carbons (Fsp3) is 0.344. The van der Waals surface area contributed by atoms with Crippen LogP contribution in [0.2, 0.25) is 5.02 Å². The number of aryl methyl sites for hydroxylation is 1. The van der Waals surface area contributed by atoms with E-state index in [1.54, 1.807) is 47.6 Å². The molecule has 0 fully saturated rings. The fourth-order valence-electron chi connectivity index (χ4n) is 5.07. The maximum Gasteiger partial charge on any atom is 0.347 e. The Morgan fingerprint density at radius 2 is 1.10 bits per heavy atom. The number of ether oxygens (including phenoxy) is 2. The topological polar surface area (TPSA) is 89.9 Å². The van der Waals surface area contributed by atoms with Crippen LogP contribution in [0.4, 0.5) is 0 Å². The van der Waals surface area contributed by atoms with Gasteiger partial charge in [-0.3, -0.25) is 4.79 Å². The molecular formula is C32H35ClO6. The van der Waals surface area contributed by atoms with E-state index in [1.165, 1.54) is 6.92 Å². The van der Waals surface area contributed by atoms with Crippen LogP contribution in [0.3, 0.4) is 0 Å². The van der Waals surface area contributed by atoms with Gasteiger partial charge in [0.2, 0.25) is 0 Å². The van der Waals surface area contributed by atoms with E-state index >= 15 is 0 Å². The van der Waals surface area contributed by atoms with Gasteiger partial charge < -0.3 is 14.6 Å². The Morgan fingerprint density at radius 3 is 1.62 bits per heavy atom. The zero-order chi connectivity index (χ0) is 29.7. The van der Waals surface area contributed by atoms with Crippen LogP contribution in [-0.2, 0) is 0 Å². The average Bonchev–Trinajstić information content (AvgIpc) is 2.86. The van der Waals surface area contributed by atoms with Gasteiger partial charge in [-0.1, -0.05) is 11.6 Å². The second-order valence-corrected chi connectivity index (χ2v) is 10.6. The Labute approximate surface area is 234 Å². The van der Waals surface area contributed by atoms with Crippen molar-refractivity contribution in [3.05, 3.63) is 83.4 Å². The van der Waals surface area contributed by atoms with Gasteiger partial charge in [0.1, 0.15) is 22.8 Å². The second-order valence-electron chi connectivity index (χ2n) is 10.3. The van der Waals surface area contributed by atoms with Crippen LogP contribution in [0.15, 0.2) is 6.07 Å². The summed E-state index contributed by atoms with van der Waals surface area (Å²) >= 11 is 6.39. The summed E-state index contributed by atoms with van der Waals surface area (Å²) in [7, 11) is 0. The Balaban J connectivity index is 2.02. The molecule has 0 bridgehead atoms. The molecule has 0 aliphatic rings. The molecule has 0 radical (unpaired) electrons. The van der Waals surface area contributed by atoms with Crippen molar-refractivity contribution >= 4 is 29.3 Å². The molecule has 206 valence electrons. The number of halogens is 1. The Bertz CT molecular complexity index is 1520. The molecule has 39 heavy (non-hydrogen) atoms. The number of aromatic hydroxyl groups is 1. The monoisotopic (exact) mass is 550 g/mol. The summed E-state index contributed by atoms with van der Waals surface area (Å²) in [6, 6.07) is 1.61. The number of phenolic OH excluding ortho intramolecular Hbond substituents is 1. The first-order valence-corrected chi connectivity index (χ1v) is 13.0. The maximum atomic E-state index is 13.5. The van der Waals surface area contributed by atoms with E-state index in [9.17, 15) is 19.5 Å². The van der Waals surface area contributed by atoms with E-state index in [1.807, 2.05) is 27.7 Å². The van der Waals surface area contributed by atoms with Gasteiger partial charge in [0.15, 0.2) is 5.78 Å². The highest BCUT2D eigenvalue weighted by atomic mass is 35.5. The molecule has 0 saturated carbocycles. The predicted molar refractivity (Wildman–Crippen MR) is 153 cm³/mol. The lowest BCUT2D eigenvalue weighted by Gasteiger charge is -2.21. The minimum atomic E-state index is -0.741. The van der Waals surface area contributed by atoms with Crippen molar-refractivity contribution in [1.82, 2.24) is 0 Å². The van der Waals surface area contributed by atoms with Crippen molar-refractivity contribution in [2.75, 3.05) is 0 Å². The summed E-state index contributed by atoms with van der Waals surface area (Å²) < 4.78 is 11.6. The number of ketones is 1. The molecule has 6 nitrogen and oxygen atoms in total. The third kappa shape index (κ3) is 5.06. The third-order valence-electron chi connectivity index (χ3n) is 7.95. The quantitative estimate of drug-likeness (QED) is 0.198. The minimum absolute atomic E-state index is 0.00647. The molecule has 3 aromatic carbocycles. The summed E-state index contributed by atoms with van der Waals surface area (Å²) in [5.74, 6) is -0.782. The van der Waals surface area contributed by atoms with E-state index in [0.29, 0.717) is 55.3 Å². The van der Waals surface area contributed by atoms with Gasteiger partial charge in [-0.05, 0) is 138 Å². The highest BCUT2D eigenvalue weighted by molar-refractivity contribution is 6.32. The molecule has 0 atom stereocenters. The molecule has 0 amide bonds. The molecule has 3 rings (SSSR count). The van der Waals surface area contributed by atoms with Gasteiger partial charge in [0.25, 0.3) is 0 Å². The SMILES string of the molecule is CC(=O)c1c(C)c(C)c(OC(=O)c2c(C)cc(OC(=O)c3c(C)c(Cl)c(C)c(C)c3O)c(C)c2C)c(C)c1C. The van der Waals surface area contributed by atoms with E-state index in [2.05, 4.69) is 0 Å². The van der Waals surface area contributed by atoms with Gasteiger partial charge in [-0.25, -0.2) is 9.59 Å². The molecule has 0 spiro atoms. The largest absolute Gasteiger partial charge is 0.507 e. The van der Waals surface area contributed by atoms with E-state index in [0.717, 1.165) is 22.3 Å². The highest BCUT2D eigenvalue weighted by Crippen LogP contribution is 2.38. The van der Waals surface area contributed by atoms with Crippen molar-refractivity contribution in [1.29, 1.82) is 0 Å². The van der Waals surface area contributed by atoms with Crippen molar-refractivity contribution in [3.8, 4) is 17.2 Å². The van der Waals surface area contributed by atoms with Crippen molar-refractivity contribution in [3.63, 3.8) is 0 Å². The lowest BCUT2D eigenvalue weighted by Crippen LogP contribution is -2.18. The first-order chi connectivity index (χ1) is 18.0. The van der Waals surface area contributed by atoms with E-state index in [4.69, 9.17) is 21.1 Å². The zero-order valence-electron chi connectivity index (χ0n) is 24.4. The van der Waals surface area contributed by atoms with Crippen LogP contribution in [0.25, 0.3) is 0 Å². The summed E-state index contributed by atoms with van der Waals surface area (Å²) in [4.78, 5) is 38.8. The Morgan fingerprint density at radius 1 is 0.615 bits per heavy atom. The number of Topliss-reactive ketones (excluding diaryl/α,β-unsaturated/α-hetero) is 1. The molecule has 0 heterocycles. The molecule has 7 heteroatoms. The lowest BCUT2D eigenvalue weighted by molar-refractivity contribution is 0.0726. The number of benzene rings is 3. The summed E-state index contributed by atoms with van der Waals surface area (Å²) in [5.41, 5.74) is 7.43. The molecule has 1 N–H and O–H groups in total. The van der Waals surface area contributed by atoms with E-state index in [-0.39, 0.29) is 22.8 Å². The number of phenols is 1. The fourth-order valence-corrected chi connectivity index (χ4v) is 5.30. The van der Waals surface area contributed by atoms with Crippen LogP contribution < -0.4 is 9.47 Å². The van der Waals surface area contributed by atoms with Gasteiger partial charge in [0, 0.05) is 10.6 Å². The van der Waals surface area contributed by atoms with Crippen molar-refractivity contribution in [2.24, 2.45) is 0 Å². The van der Waals surface area contributed by atoms with E-state index < -0.39 is 11.9 Å². The van der Waals surface area contributed by atoms with Gasteiger partial charge in [-0.15, -0.1) is 0 Å². The second kappa shape index (κ2) is 10.9. The summed E-state index contributed by atoms with van der Waals surface area (Å²) in [5, 5.41) is 11.1. The minimum Gasteiger partial charge on any atom is -0.507 e. The number of carbonyl (C=O) groups excluding carboxylic acids is 3. The van der Waals surface area contributed by atoms with Crippen LogP contribution in [-0.4, -0.2) is 22.8 Å². The molecule has 0 unspecified atom stereocenters. The molecular weight excluding hydrogens is 516 g/mol. The molecule has 0 aliphatic carbocycles. The standard InChI is InChI=1S/C32H35ClO6/c1-13-12-24(38-32(37)27-22(10)28(33)18(6)19(7)29(27)35)14(2)15(3)25(13)31(36)39-30-20(8)16(4)26(23(11)34)17(5)21(30)9/h12,35H,1-11H3. The summed E-state index contributed by atoms with van der Waals surface area (Å²) in [6.45, 7) is 19.3. The lowest BCUT2D eigenvalue weighted by atomic mass is 9.91. The molecule has 0 saturated heterocycles. The number of hydrogen-bond donors (Lipinski definition) is 1. The predicted octanol–water partition coefficient (Wildman–Crippen LogP) is 7.77. The van der Waals surface area contributed by atoms with Gasteiger partial charge >= 0.3 is 11.9 Å². The van der Waals surface area contributed by atoms with Crippen molar-refractivity contribution < 1.29 is 29.0 Å². The van der Waals surface area contributed by atoms with Crippen LogP contribution >= 0.6 is 11.6 Å². The first-order valence-electron chi connectivity index (χ1n) is 12.7. The first kappa shape index (κ1) is 29.9. The number of hydrogen-bond acceptors (Lipinski definition) is 6. The Hall–Kier alpha value is -3.64. The van der Waals surface area contributed by atoms with Gasteiger partial charge in [0.05, 0.1) is 5.56 Å². The van der Waals surface area contributed by atoms with Crippen LogP contribution in [0, 0.1) is 69.2 Å². The van der Waals surface area contributed by atoms with Crippen LogP contribution in [0.5, 0.6) is 17.2 Å². The summed E-state index contributed by atoms with van der Waals surface area (Å²) in [6.07, 6.45) is 0. The smallest absolute Gasteiger partial charge is 0.347 e. The maximum absolute atomic E-state index is 13.5. The normalized spacial score (nSPS) is 11.0. The average molecular weight is 551 g/mol. The number of rotatable bonds is 5. The highest BCUT2D eigenvalue weighted by Gasteiger charge is 2.27. The molecule has 0 aliphatic heterocycles. The third-order valence-corrected chi connectivity index (χ3v) is 8.52. The molecule has 3 aromatic rings. The number of carbonyl (C=O) groups is 3. The zero-order valence-corrected chi connectivity index (χ0v) is 25.2. The molecule has 0 aromatic heterocycles. The van der Waals surface area contributed by atoms with Crippen molar-refractivity contribution in [2.45, 2.75) is 76.2 Å². The Kier molecular flexibility index (Phi) is 8.32. The number of esters is 2. The van der Waals surface area contributed by atoms with Crippen LogP contribution in [0.1, 0.15) is 93.6 Å². The van der Waals surface area contributed by atoms with Gasteiger partial charge in [-0.2, -0.15) is 0 Å².